The van der Waals surface area contributed by atoms with E-state index in [1.807, 2.05) is 47.9 Å². The Hall–Kier alpha value is -3.51. The van der Waals surface area contributed by atoms with Crippen LogP contribution in [0.15, 0.2) is 94.7 Å². The van der Waals surface area contributed by atoms with Crippen LogP contribution in [0.25, 0.3) is 28.0 Å². The molecule has 6 heteroatoms. The standard InChI is InChI=1S/C25H21N3O2S/c1-2-29-21-14-12-20(13-15-21)28-24(23-11-6-16-30-23)26-27-25(28)31-17-19-9-5-8-18-7-3-4-10-22(18)19/h3-16H,2,17H2,1H3. The fourth-order valence-corrected chi connectivity index (χ4v) is 4.54. The molecule has 0 unspecified atom stereocenters. The predicted molar refractivity (Wildman–Crippen MR) is 124 cm³/mol. The van der Waals surface area contributed by atoms with Gasteiger partial charge < -0.3 is 9.15 Å². The first-order valence-corrected chi connectivity index (χ1v) is 11.1. The molecule has 0 amide bonds. The molecule has 0 aliphatic heterocycles. The number of ether oxygens (including phenoxy) is 1. The van der Waals surface area contributed by atoms with Crippen molar-refractivity contribution < 1.29 is 9.15 Å². The van der Waals surface area contributed by atoms with E-state index in [1.54, 1.807) is 18.0 Å². The van der Waals surface area contributed by atoms with Gasteiger partial charge >= 0.3 is 0 Å². The molecule has 154 valence electrons. The Labute approximate surface area is 184 Å². The molecule has 2 heterocycles. The minimum Gasteiger partial charge on any atom is -0.494 e. The van der Waals surface area contributed by atoms with Gasteiger partial charge in [-0.05, 0) is 59.7 Å². The Morgan fingerprint density at radius 2 is 1.74 bits per heavy atom. The Balaban J connectivity index is 1.51. The van der Waals surface area contributed by atoms with Crippen molar-refractivity contribution in [2.24, 2.45) is 0 Å². The lowest BCUT2D eigenvalue weighted by atomic mass is 10.1. The molecule has 0 radical (unpaired) electrons. The van der Waals surface area contributed by atoms with E-state index in [0.29, 0.717) is 18.2 Å². The van der Waals surface area contributed by atoms with Crippen molar-refractivity contribution >= 4 is 22.5 Å². The summed E-state index contributed by atoms with van der Waals surface area (Å²) in [6, 6.07) is 26.6. The zero-order valence-electron chi connectivity index (χ0n) is 17.1. The lowest BCUT2D eigenvalue weighted by molar-refractivity contribution is 0.340. The number of hydrogen-bond acceptors (Lipinski definition) is 5. The van der Waals surface area contributed by atoms with E-state index in [2.05, 4.69) is 52.7 Å². The van der Waals surface area contributed by atoms with Crippen LogP contribution in [0.1, 0.15) is 12.5 Å². The molecule has 5 nitrogen and oxygen atoms in total. The molecular formula is C25H21N3O2S. The van der Waals surface area contributed by atoms with Gasteiger partial charge in [0.05, 0.1) is 18.6 Å². The van der Waals surface area contributed by atoms with Gasteiger partial charge in [-0.15, -0.1) is 10.2 Å². The van der Waals surface area contributed by atoms with Crippen molar-refractivity contribution in [3.05, 3.63) is 90.7 Å². The van der Waals surface area contributed by atoms with Gasteiger partial charge in [0.1, 0.15) is 5.75 Å². The van der Waals surface area contributed by atoms with Gasteiger partial charge in [-0.1, -0.05) is 54.2 Å². The second-order valence-electron chi connectivity index (χ2n) is 6.97. The van der Waals surface area contributed by atoms with Crippen LogP contribution in [0, 0.1) is 0 Å². The van der Waals surface area contributed by atoms with Crippen LogP contribution >= 0.6 is 11.8 Å². The minimum absolute atomic E-state index is 0.635. The Bertz CT molecular complexity index is 1290. The summed E-state index contributed by atoms with van der Waals surface area (Å²) in [5.74, 6) is 2.98. The van der Waals surface area contributed by atoms with Crippen molar-refractivity contribution in [2.45, 2.75) is 17.8 Å². The molecule has 5 aromatic rings. The van der Waals surface area contributed by atoms with Crippen LogP contribution < -0.4 is 4.74 Å². The number of furan rings is 1. The predicted octanol–water partition coefficient (Wildman–Crippen LogP) is 6.37. The highest BCUT2D eigenvalue weighted by Gasteiger charge is 2.18. The van der Waals surface area contributed by atoms with E-state index >= 15 is 0 Å². The van der Waals surface area contributed by atoms with Crippen molar-refractivity contribution in [2.75, 3.05) is 6.61 Å². The summed E-state index contributed by atoms with van der Waals surface area (Å²) in [5, 5.41) is 12.2. The van der Waals surface area contributed by atoms with E-state index < -0.39 is 0 Å². The number of hydrogen-bond donors (Lipinski definition) is 0. The van der Waals surface area contributed by atoms with E-state index in [0.717, 1.165) is 22.3 Å². The largest absolute Gasteiger partial charge is 0.494 e. The molecule has 0 bridgehead atoms. The smallest absolute Gasteiger partial charge is 0.205 e. The van der Waals surface area contributed by atoms with E-state index in [-0.39, 0.29) is 0 Å². The SMILES string of the molecule is CCOc1ccc(-n2c(SCc3cccc4ccccc34)nnc2-c2ccco2)cc1. The third-order valence-electron chi connectivity index (χ3n) is 5.02. The van der Waals surface area contributed by atoms with Gasteiger partial charge in [0, 0.05) is 5.75 Å². The summed E-state index contributed by atoms with van der Waals surface area (Å²) >= 11 is 1.66. The van der Waals surface area contributed by atoms with Crippen LogP contribution in [0.3, 0.4) is 0 Å². The molecule has 0 saturated heterocycles. The van der Waals surface area contributed by atoms with Gasteiger partial charge in [-0.2, -0.15) is 0 Å². The maximum atomic E-state index is 5.62. The van der Waals surface area contributed by atoms with Crippen LogP contribution in [-0.4, -0.2) is 21.4 Å². The van der Waals surface area contributed by atoms with E-state index in [9.17, 15) is 0 Å². The summed E-state index contributed by atoms with van der Waals surface area (Å²) in [6.07, 6.45) is 1.65. The topological polar surface area (TPSA) is 53.1 Å². The fourth-order valence-electron chi connectivity index (χ4n) is 3.58. The Kier molecular flexibility index (Phi) is 5.46. The molecule has 0 atom stereocenters. The zero-order chi connectivity index (χ0) is 21.0. The monoisotopic (exact) mass is 427 g/mol. The van der Waals surface area contributed by atoms with Crippen molar-refractivity contribution in [1.82, 2.24) is 14.8 Å². The number of fused-ring (bicyclic) bond motifs is 1. The number of nitrogens with zero attached hydrogens (tertiary/aromatic N) is 3. The highest BCUT2D eigenvalue weighted by atomic mass is 32.2. The van der Waals surface area contributed by atoms with Crippen LogP contribution in [0.4, 0.5) is 0 Å². The maximum Gasteiger partial charge on any atom is 0.205 e. The second-order valence-corrected chi connectivity index (χ2v) is 7.92. The van der Waals surface area contributed by atoms with Gasteiger partial charge in [0.25, 0.3) is 0 Å². The number of thioether (sulfide) groups is 1. The van der Waals surface area contributed by atoms with Gasteiger partial charge in [0.15, 0.2) is 10.9 Å². The summed E-state index contributed by atoms with van der Waals surface area (Å²) in [7, 11) is 0. The lowest BCUT2D eigenvalue weighted by Gasteiger charge is -2.11. The second kappa shape index (κ2) is 8.70. The fraction of sp³-hybridized carbons (Fsp3) is 0.120. The molecule has 0 aliphatic rings. The first-order valence-electron chi connectivity index (χ1n) is 10.2. The molecule has 3 aromatic carbocycles. The molecule has 5 rings (SSSR count). The normalized spacial score (nSPS) is 11.1. The highest BCUT2D eigenvalue weighted by molar-refractivity contribution is 7.98. The molecule has 0 fully saturated rings. The highest BCUT2D eigenvalue weighted by Crippen LogP contribution is 2.32. The first-order chi connectivity index (χ1) is 15.3. The average Bonchev–Trinajstić information content (AvgIpc) is 3.48. The van der Waals surface area contributed by atoms with Crippen molar-refractivity contribution in [3.63, 3.8) is 0 Å². The van der Waals surface area contributed by atoms with Crippen molar-refractivity contribution in [3.8, 4) is 23.0 Å². The molecule has 0 N–H and O–H groups in total. The summed E-state index contributed by atoms with van der Waals surface area (Å²) in [6.45, 7) is 2.61. The molecule has 31 heavy (non-hydrogen) atoms. The Morgan fingerprint density at radius 1 is 0.903 bits per heavy atom. The number of rotatable bonds is 7. The van der Waals surface area contributed by atoms with Gasteiger partial charge in [-0.25, -0.2) is 0 Å². The molecule has 2 aromatic heterocycles. The van der Waals surface area contributed by atoms with Gasteiger partial charge in [0.2, 0.25) is 5.82 Å². The molecule has 0 spiro atoms. The maximum absolute atomic E-state index is 5.62. The first kappa shape index (κ1) is 19.5. The average molecular weight is 428 g/mol. The zero-order valence-corrected chi connectivity index (χ0v) is 17.9. The third-order valence-corrected chi connectivity index (χ3v) is 6.00. The minimum atomic E-state index is 0.635. The molecule has 0 aliphatic carbocycles. The summed E-state index contributed by atoms with van der Waals surface area (Å²) in [5.41, 5.74) is 2.23. The van der Waals surface area contributed by atoms with Crippen LogP contribution in [0.5, 0.6) is 5.75 Å². The molecule has 0 saturated carbocycles. The van der Waals surface area contributed by atoms with Crippen molar-refractivity contribution in [1.29, 1.82) is 0 Å². The van der Waals surface area contributed by atoms with Crippen LogP contribution in [0.2, 0.25) is 0 Å². The lowest BCUT2D eigenvalue weighted by Crippen LogP contribution is -2.00. The quantitative estimate of drug-likeness (QED) is 0.282. The van der Waals surface area contributed by atoms with E-state index in [4.69, 9.17) is 9.15 Å². The summed E-state index contributed by atoms with van der Waals surface area (Å²) < 4.78 is 13.2. The number of benzene rings is 3. The van der Waals surface area contributed by atoms with E-state index in [1.165, 1.54) is 16.3 Å². The van der Waals surface area contributed by atoms with Crippen LogP contribution in [-0.2, 0) is 5.75 Å². The number of aromatic nitrogens is 3. The summed E-state index contributed by atoms with van der Waals surface area (Å²) in [4.78, 5) is 0. The third kappa shape index (κ3) is 3.94. The molecular weight excluding hydrogens is 406 g/mol. The Morgan fingerprint density at radius 3 is 2.55 bits per heavy atom. The van der Waals surface area contributed by atoms with Gasteiger partial charge in [-0.3, -0.25) is 4.57 Å².